The lowest BCUT2D eigenvalue weighted by Gasteiger charge is -2.09. The molecular formula is C14H19N3O. The normalized spacial score (nSPS) is 12.8. The van der Waals surface area contributed by atoms with Gasteiger partial charge in [0.1, 0.15) is 5.65 Å². The van der Waals surface area contributed by atoms with Gasteiger partial charge in [-0.2, -0.15) is 0 Å². The fourth-order valence-electron chi connectivity index (χ4n) is 1.78. The van der Waals surface area contributed by atoms with Crippen LogP contribution < -0.4 is 10.9 Å². The smallest absolute Gasteiger partial charge is 0.258 e. The Morgan fingerprint density at radius 1 is 1.44 bits per heavy atom. The van der Waals surface area contributed by atoms with Crippen LogP contribution in [0.4, 0.5) is 0 Å². The van der Waals surface area contributed by atoms with E-state index in [0.29, 0.717) is 18.1 Å². The minimum Gasteiger partial charge on any atom is -0.311 e. The molecule has 1 unspecified atom stereocenters. The second-order valence-electron chi connectivity index (χ2n) is 4.66. The predicted octanol–water partition coefficient (Wildman–Crippen LogP) is 1.83. The van der Waals surface area contributed by atoms with E-state index in [1.54, 1.807) is 16.7 Å². The van der Waals surface area contributed by atoms with Gasteiger partial charge in [-0.05, 0) is 24.6 Å². The summed E-state index contributed by atoms with van der Waals surface area (Å²) in [6.07, 6.45) is 2.89. The number of hydrogen-bond acceptors (Lipinski definition) is 3. The first-order valence-electron chi connectivity index (χ1n) is 6.38. The molecule has 0 bridgehead atoms. The molecule has 0 aliphatic heterocycles. The monoisotopic (exact) mass is 245 g/mol. The maximum atomic E-state index is 11.8. The highest BCUT2D eigenvalue weighted by molar-refractivity contribution is 5.37. The summed E-state index contributed by atoms with van der Waals surface area (Å²) in [7, 11) is 0. The molecule has 0 aromatic carbocycles. The molecule has 2 aromatic heterocycles. The van der Waals surface area contributed by atoms with E-state index in [9.17, 15) is 4.79 Å². The number of hydrogen-bond donors (Lipinski definition) is 1. The summed E-state index contributed by atoms with van der Waals surface area (Å²) in [5.41, 5.74) is 1.47. The van der Waals surface area contributed by atoms with Crippen molar-refractivity contribution in [3.8, 4) is 0 Å². The number of aromatic nitrogens is 2. The van der Waals surface area contributed by atoms with Crippen LogP contribution >= 0.6 is 0 Å². The Morgan fingerprint density at radius 3 is 3.06 bits per heavy atom. The fraction of sp³-hybridized carbons (Fsp3) is 0.429. The first kappa shape index (κ1) is 12.8. The Balaban J connectivity index is 2.12. The minimum absolute atomic E-state index is 0.0269. The molecule has 2 aromatic rings. The van der Waals surface area contributed by atoms with Crippen LogP contribution in [-0.2, 0) is 6.54 Å². The molecule has 0 radical (unpaired) electrons. The highest BCUT2D eigenvalue weighted by Crippen LogP contribution is 2.00. The Labute approximate surface area is 107 Å². The molecule has 18 heavy (non-hydrogen) atoms. The maximum absolute atomic E-state index is 11.8. The van der Waals surface area contributed by atoms with Crippen LogP contribution in [0, 0.1) is 5.92 Å². The van der Waals surface area contributed by atoms with Gasteiger partial charge in [0, 0.05) is 18.8 Å². The SMILES string of the molecule is CCC(C)CNCc1cc(=O)n2ccccc2n1. The van der Waals surface area contributed by atoms with Gasteiger partial charge in [-0.3, -0.25) is 9.20 Å². The van der Waals surface area contributed by atoms with Gasteiger partial charge in [-0.25, -0.2) is 4.98 Å². The molecule has 4 nitrogen and oxygen atoms in total. The zero-order valence-electron chi connectivity index (χ0n) is 10.9. The Bertz CT molecular complexity index is 577. The van der Waals surface area contributed by atoms with E-state index in [-0.39, 0.29) is 5.56 Å². The molecule has 0 amide bonds. The lowest BCUT2D eigenvalue weighted by atomic mass is 10.1. The summed E-state index contributed by atoms with van der Waals surface area (Å²) in [6, 6.07) is 7.16. The number of nitrogens with one attached hydrogen (secondary N) is 1. The second kappa shape index (κ2) is 5.78. The van der Waals surface area contributed by atoms with Gasteiger partial charge >= 0.3 is 0 Å². The molecular weight excluding hydrogens is 226 g/mol. The number of pyridine rings is 1. The van der Waals surface area contributed by atoms with Gasteiger partial charge in [0.05, 0.1) is 5.69 Å². The van der Waals surface area contributed by atoms with Crippen LogP contribution in [0.15, 0.2) is 35.3 Å². The Morgan fingerprint density at radius 2 is 2.28 bits per heavy atom. The zero-order chi connectivity index (χ0) is 13.0. The van der Waals surface area contributed by atoms with E-state index >= 15 is 0 Å². The first-order valence-corrected chi connectivity index (χ1v) is 6.38. The summed E-state index contributed by atoms with van der Waals surface area (Å²) in [5, 5.41) is 3.33. The predicted molar refractivity (Wildman–Crippen MR) is 72.6 cm³/mol. The number of fused-ring (bicyclic) bond motifs is 1. The van der Waals surface area contributed by atoms with Crippen LogP contribution in [0.3, 0.4) is 0 Å². The Kier molecular flexibility index (Phi) is 4.10. The Hall–Kier alpha value is -1.68. The highest BCUT2D eigenvalue weighted by Gasteiger charge is 2.02. The van der Waals surface area contributed by atoms with Crippen LogP contribution in [-0.4, -0.2) is 15.9 Å². The molecule has 4 heteroatoms. The van der Waals surface area contributed by atoms with Gasteiger partial charge in [0.2, 0.25) is 0 Å². The fourth-order valence-corrected chi connectivity index (χ4v) is 1.78. The molecule has 0 fully saturated rings. The van der Waals surface area contributed by atoms with Gasteiger partial charge < -0.3 is 5.32 Å². The zero-order valence-corrected chi connectivity index (χ0v) is 10.9. The van der Waals surface area contributed by atoms with E-state index in [1.165, 1.54) is 0 Å². The molecule has 1 atom stereocenters. The number of nitrogens with zero attached hydrogens (tertiary/aromatic N) is 2. The van der Waals surface area contributed by atoms with Crippen LogP contribution in [0.25, 0.3) is 5.65 Å². The van der Waals surface area contributed by atoms with Gasteiger partial charge in [-0.1, -0.05) is 26.3 Å². The standard InChI is InChI=1S/C14H19N3O/c1-3-11(2)9-15-10-12-8-14(18)17-7-5-4-6-13(17)16-12/h4-8,11,15H,3,9-10H2,1-2H3. The van der Waals surface area contributed by atoms with E-state index in [1.807, 2.05) is 18.2 Å². The van der Waals surface area contributed by atoms with E-state index in [2.05, 4.69) is 24.1 Å². The van der Waals surface area contributed by atoms with E-state index < -0.39 is 0 Å². The second-order valence-corrected chi connectivity index (χ2v) is 4.66. The summed E-state index contributed by atoms with van der Waals surface area (Å²) < 4.78 is 1.55. The van der Waals surface area contributed by atoms with Crippen LogP contribution in [0.5, 0.6) is 0 Å². The van der Waals surface area contributed by atoms with Crippen LogP contribution in [0.1, 0.15) is 26.0 Å². The minimum atomic E-state index is -0.0269. The molecule has 2 heterocycles. The molecule has 2 rings (SSSR count). The number of rotatable bonds is 5. The van der Waals surface area contributed by atoms with Crippen molar-refractivity contribution in [3.63, 3.8) is 0 Å². The summed E-state index contributed by atoms with van der Waals surface area (Å²) in [6.45, 7) is 5.97. The highest BCUT2D eigenvalue weighted by atomic mass is 16.1. The third kappa shape index (κ3) is 2.96. The largest absolute Gasteiger partial charge is 0.311 e. The third-order valence-electron chi connectivity index (χ3n) is 3.12. The molecule has 0 aliphatic carbocycles. The molecule has 0 spiro atoms. The maximum Gasteiger partial charge on any atom is 0.258 e. The first-order chi connectivity index (χ1) is 8.70. The van der Waals surface area contributed by atoms with E-state index in [0.717, 1.165) is 18.7 Å². The third-order valence-corrected chi connectivity index (χ3v) is 3.12. The average molecular weight is 245 g/mol. The summed E-state index contributed by atoms with van der Waals surface area (Å²) in [4.78, 5) is 16.3. The van der Waals surface area contributed by atoms with Gasteiger partial charge in [-0.15, -0.1) is 0 Å². The van der Waals surface area contributed by atoms with Crippen molar-refractivity contribution >= 4 is 5.65 Å². The van der Waals surface area contributed by atoms with Crippen molar-refractivity contribution in [2.45, 2.75) is 26.8 Å². The molecule has 0 saturated carbocycles. The molecule has 1 N–H and O–H groups in total. The van der Waals surface area contributed by atoms with Gasteiger partial charge in [0.15, 0.2) is 0 Å². The van der Waals surface area contributed by atoms with Crippen molar-refractivity contribution in [3.05, 3.63) is 46.5 Å². The van der Waals surface area contributed by atoms with Gasteiger partial charge in [0.25, 0.3) is 5.56 Å². The van der Waals surface area contributed by atoms with Crippen molar-refractivity contribution in [1.29, 1.82) is 0 Å². The van der Waals surface area contributed by atoms with E-state index in [4.69, 9.17) is 0 Å². The molecule has 96 valence electrons. The lowest BCUT2D eigenvalue weighted by Crippen LogP contribution is -2.23. The van der Waals surface area contributed by atoms with Crippen molar-refractivity contribution in [2.75, 3.05) is 6.54 Å². The van der Waals surface area contributed by atoms with Crippen molar-refractivity contribution < 1.29 is 0 Å². The molecule has 0 aliphatic rings. The summed E-state index contributed by atoms with van der Waals surface area (Å²) >= 11 is 0. The van der Waals surface area contributed by atoms with Crippen molar-refractivity contribution in [2.24, 2.45) is 5.92 Å². The molecule has 0 saturated heterocycles. The lowest BCUT2D eigenvalue weighted by molar-refractivity contribution is 0.497. The topological polar surface area (TPSA) is 46.4 Å². The summed E-state index contributed by atoms with van der Waals surface area (Å²) in [5.74, 6) is 0.645. The van der Waals surface area contributed by atoms with Crippen molar-refractivity contribution in [1.82, 2.24) is 14.7 Å². The van der Waals surface area contributed by atoms with Crippen LogP contribution in [0.2, 0.25) is 0 Å². The average Bonchev–Trinajstić information content (AvgIpc) is 2.38. The quantitative estimate of drug-likeness (QED) is 0.874.